The highest BCUT2D eigenvalue weighted by Crippen LogP contribution is 2.23. The van der Waals surface area contributed by atoms with Crippen LogP contribution in [0.25, 0.3) is 0 Å². The number of hydrogen-bond donors (Lipinski definition) is 2. The van der Waals surface area contributed by atoms with Crippen molar-refractivity contribution in [2.24, 2.45) is 0 Å². The van der Waals surface area contributed by atoms with Crippen LogP contribution in [0.2, 0.25) is 10.0 Å². The molecule has 1 amide bonds. The summed E-state index contributed by atoms with van der Waals surface area (Å²) in [4.78, 5) is 20.4. The van der Waals surface area contributed by atoms with Crippen LogP contribution < -0.4 is 10.6 Å². The number of amides is 1. The lowest BCUT2D eigenvalue weighted by molar-refractivity contribution is 0.102. The summed E-state index contributed by atoms with van der Waals surface area (Å²) in [6.45, 7) is 0.666. The topological polar surface area (TPSA) is 66.9 Å². The van der Waals surface area contributed by atoms with Gasteiger partial charge in [0.15, 0.2) is 0 Å². The van der Waals surface area contributed by atoms with Crippen molar-refractivity contribution in [1.82, 2.24) is 9.97 Å². The van der Waals surface area contributed by atoms with Crippen LogP contribution >= 0.6 is 23.2 Å². The average molecular weight is 373 g/mol. The van der Waals surface area contributed by atoms with Crippen LogP contribution in [-0.4, -0.2) is 15.9 Å². The molecule has 0 fully saturated rings. The van der Waals surface area contributed by atoms with Gasteiger partial charge in [-0.25, -0.2) is 4.98 Å². The van der Waals surface area contributed by atoms with Crippen molar-refractivity contribution in [3.05, 3.63) is 82.2 Å². The zero-order valence-electron chi connectivity index (χ0n) is 13.0. The minimum absolute atomic E-state index is 0.302. The number of pyridine rings is 2. The van der Waals surface area contributed by atoms with Gasteiger partial charge in [0.25, 0.3) is 5.91 Å². The number of rotatable bonds is 5. The van der Waals surface area contributed by atoms with E-state index in [2.05, 4.69) is 20.6 Å². The third kappa shape index (κ3) is 4.68. The Morgan fingerprint density at radius 2 is 1.80 bits per heavy atom. The van der Waals surface area contributed by atoms with E-state index in [-0.39, 0.29) is 5.91 Å². The van der Waals surface area contributed by atoms with Gasteiger partial charge in [-0.3, -0.25) is 9.78 Å². The lowest BCUT2D eigenvalue weighted by Gasteiger charge is -2.08. The fraction of sp³-hybridized carbons (Fsp3) is 0.0556. The molecule has 0 aliphatic carbocycles. The highest BCUT2D eigenvalue weighted by molar-refractivity contribution is 6.42. The summed E-state index contributed by atoms with van der Waals surface area (Å²) in [5.41, 5.74) is 2.38. The predicted molar refractivity (Wildman–Crippen MR) is 100 cm³/mol. The molecule has 2 heterocycles. The van der Waals surface area contributed by atoms with Crippen LogP contribution in [0.5, 0.6) is 0 Å². The highest BCUT2D eigenvalue weighted by Gasteiger charge is 2.09. The number of hydrogen-bond acceptors (Lipinski definition) is 4. The van der Waals surface area contributed by atoms with E-state index >= 15 is 0 Å². The molecule has 0 radical (unpaired) electrons. The second-order valence-electron chi connectivity index (χ2n) is 5.22. The molecule has 126 valence electrons. The third-order valence-electron chi connectivity index (χ3n) is 3.43. The monoisotopic (exact) mass is 372 g/mol. The van der Waals surface area contributed by atoms with E-state index in [1.807, 2.05) is 18.2 Å². The average Bonchev–Trinajstić information content (AvgIpc) is 2.64. The normalized spacial score (nSPS) is 10.3. The molecule has 0 bridgehead atoms. The van der Waals surface area contributed by atoms with E-state index in [9.17, 15) is 4.79 Å². The first-order chi connectivity index (χ1) is 12.1. The molecule has 25 heavy (non-hydrogen) atoms. The van der Waals surface area contributed by atoms with Gasteiger partial charge in [0.1, 0.15) is 5.82 Å². The Bertz CT molecular complexity index is 870. The Balaban J connectivity index is 1.60. The number of carbonyl (C=O) groups is 1. The molecule has 0 saturated heterocycles. The van der Waals surface area contributed by atoms with Gasteiger partial charge in [0.2, 0.25) is 0 Å². The van der Waals surface area contributed by atoms with Crippen molar-refractivity contribution in [2.45, 2.75) is 6.54 Å². The van der Waals surface area contributed by atoms with Crippen LogP contribution in [-0.2, 0) is 6.54 Å². The van der Waals surface area contributed by atoms with Crippen molar-refractivity contribution in [3.63, 3.8) is 0 Å². The van der Waals surface area contributed by atoms with Crippen LogP contribution in [0.4, 0.5) is 11.5 Å². The lowest BCUT2D eigenvalue weighted by Crippen LogP contribution is -2.13. The number of carbonyl (C=O) groups excluding carboxylic acids is 1. The quantitative estimate of drug-likeness (QED) is 0.683. The molecule has 0 atom stereocenters. The van der Waals surface area contributed by atoms with E-state index in [1.165, 1.54) is 6.07 Å². The molecule has 0 unspecified atom stereocenters. The highest BCUT2D eigenvalue weighted by atomic mass is 35.5. The summed E-state index contributed by atoms with van der Waals surface area (Å²) in [5, 5.41) is 6.70. The standard InChI is InChI=1S/C18H14Cl2N4O/c19-15-3-1-13(9-16(15)20)18(25)24-17-4-2-14(11-23-17)22-10-12-5-7-21-8-6-12/h1-9,11,22H,10H2,(H,23,24,25). The number of halogens is 2. The SMILES string of the molecule is O=C(Nc1ccc(NCc2ccncc2)cn1)c1ccc(Cl)c(Cl)c1. The fourth-order valence-electron chi connectivity index (χ4n) is 2.10. The van der Waals surface area contributed by atoms with Crippen LogP contribution in [0.15, 0.2) is 61.1 Å². The minimum Gasteiger partial charge on any atom is -0.380 e. The summed E-state index contributed by atoms with van der Waals surface area (Å²) in [6.07, 6.45) is 5.15. The first-order valence-corrected chi connectivity index (χ1v) is 8.22. The molecular weight excluding hydrogens is 359 g/mol. The van der Waals surface area contributed by atoms with Gasteiger partial charge in [0, 0.05) is 24.5 Å². The van der Waals surface area contributed by atoms with Crippen LogP contribution in [0.1, 0.15) is 15.9 Å². The fourth-order valence-corrected chi connectivity index (χ4v) is 2.40. The molecule has 3 aromatic rings. The molecule has 3 rings (SSSR count). The first kappa shape index (κ1) is 17.2. The number of aromatic nitrogens is 2. The lowest BCUT2D eigenvalue weighted by atomic mass is 10.2. The molecule has 2 aromatic heterocycles. The number of nitrogens with one attached hydrogen (secondary N) is 2. The van der Waals surface area contributed by atoms with Crippen molar-refractivity contribution in [1.29, 1.82) is 0 Å². The maximum atomic E-state index is 12.2. The summed E-state index contributed by atoms with van der Waals surface area (Å²) in [7, 11) is 0. The Kier molecular flexibility index (Phi) is 5.48. The van der Waals surface area contributed by atoms with Gasteiger partial charge in [0.05, 0.1) is 21.9 Å². The Morgan fingerprint density at radius 3 is 2.48 bits per heavy atom. The van der Waals surface area contributed by atoms with E-state index in [0.29, 0.717) is 28.0 Å². The van der Waals surface area contributed by atoms with Crippen LogP contribution in [0.3, 0.4) is 0 Å². The summed E-state index contributed by atoms with van der Waals surface area (Å²) < 4.78 is 0. The minimum atomic E-state index is -0.302. The van der Waals surface area contributed by atoms with Gasteiger partial charge in [-0.1, -0.05) is 23.2 Å². The zero-order valence-corrected chi connectivity index (χ0v) is 14.6. The Hall–Kier alpha value is -2.63. The second kappa shape index (κ2) is 7.96. The largest absolute Gasteiger partial charge is 0.380 e. The van der Waals surface area contributed by atoms with Crippen molar-refractivity contribution in [3.8, 4) is 0 Å². The molecule has 0 spiro atoms. The van der Waals surface area contributed by atoms with Crippen molar-refractivity contribution in [2.75, 3.05) is 10.6 Å². The van der Waals surface area contributed by atoms with Gasteiger partial charge in [-0.05, 0) is 48.0 Å². The van der Waals surface area contributed by atoms with Gasteiger partial charge < -0.3 is 10.6 Å². The first-order valence-electron chi connectivity index (χ1n) is 7.47. The molecular formula is C18H14Cl2N4O. The maximum Gasteiger partial charge on any atom is 0.256 e. The van der Waals surface area contributed by atoms with E-state index in [4.69, 9.17) is 23.2 Å². The second-order valence-corrected chi connectivity index (χ2v) is 6.04. The number of anilines is 2. The van der Waals surface area contributed by atoms with E-state index in [1.54, 1.807) is 36.8 Å². The molecule has 7 heteroatoms. The Labute approximate surface area is 155 Å². The van der Waals surface area contributed by atoms with Gasteiger partial charge >= 0.3 is 0 Å². The summed E-state index contributed by atoms with van der Waals surface area (Å²) >= 11 is 11.8. The molecule has 5 nitrogen and oxygen atoms in total. The maximum absolute atomic E-state index is 12.2. The number of benzene rings is 1. The summed E-state index contributed by atoms with van der Waals surface area (Å²) in [6, 6.07) is 12.2. The van der Waals surface area contributed by atoms with Crippen molar-refractivity contribution >= 4 is 40.6 Å². The van der Waals surface area contributed by atoms with Gasteiger partial charge in [-0.15, -0.1) is 0 Å². The molecule has 1 aromatic carbocycles. The number of nitrogens with zero attached hydrogens (tertiary/aromatic N) is 2. The van der Waals surface area contributed by atoms with E-state index in [0.717, 1.165) is 11.3 Å². The molecule has 0 aliphatic heterocycles. The van der Waals surface area contributed by atoms with Crippen molar-refractivity contribution < 1.29 is 4.79 Å². The molecule has 0 saturated carbocycles. The third-order valence-corrected chi connectivity index (χ3v) is 4.17. The van der Waals surface area contributed by atoms with E-state index < -0.39 is 0 Å². The summed E-state index contributed by atoms with van der Waals surface area (Å²) in [5.74, 6) is 0.147. The zero-order chi connectivity index (χ0) is 17.6. The van der Waals surface area contributed by atoms with Gasteiger partial charge in [-0.2, -0.15) is 0 Å². The smallest absolute Gasteiger partial charge is 0.256 e. The predicted octanol–water partition coefficient (Wildman–Crippen LogP) is 4.65. The molecule has 0 aliphatic rings. The molecule has 2 N–H and O–H groups in total. The van der Waals surface area contributed by atoms with Crippen LogP contribution in [0, 0.1) is 0 Å². The Morgan fingerprint density at radius 1 is 1.00 bits per heavy atom.